The molecule has 4 rings (SSSR count). The zero-order chi connectivity index (χ0) is 18.7. The van der Waals surface area contributed by atoms with E-state index in [1.807, 2.05) is 54.6 Å². The van der Waals surface area contributed by atoms with E-state index in [-0.39, 0.29) is 6.10 Å². The Balaban J connectivity index is 1.28. The van der Waals surface area contributed by atoms with Crippen molar-refractivity contribution < 1.29 is 14.5 Å². The van der Waals surface area contributed by atoms with Crippen LogP contribution in [0.25, 0.3) is 5.57 Å². The van der Waals surface area contributed by atoms with Crippen molar-refractivity contribution in [3.8, 4) is 0 Å². The lowest BCUT2D eigenvalue weighted by Crippen LogP contribution is -2.49. The second-order valence-corrected chi connectivity index (χ2v) is 7.64. The fourth-order valence-electron chi connectivity index (χ4n) is 3.63. The van der Waals surface area contributed by atoms with Crippen molar-refractivity contribution in [3.63, 3.8) is 0 Å². The Labute approximate surface area is 165 Å². The van der Waals surface area contributed by atoms with Crippen molar-refractivity contribution in [2.45, 2.75) is 43.6 Å². The van der Waals surface area contributed by atoms with Crippen LogP contribution < -0.4 is 5.32 Å². The van der Waals surface area contributed by atoms with Gasteiger partial charge in [-0.2, -0.15) is 0 Å². The third kappa shape index (κ3) is 4.36. The number of hydrogen-bond acceptors (Lipinski definition) is 4. The molecule has 1 unspecified atom stereocenters. The Morgan fingerprint density at radius 3 is 2.37 bits per heavy atom. The molecule has 1 saturated heterocycles. The van der Waals surface area contributed by atoms with Crippen molar-refractivity contribution in [1.29, 1.82) is 0 Å². The van der Waals surface area contributed by atoms with E-state index in [2.05, 4.69) is 11.9 Å². The summed E-state index contributed by atoms with van der Waals surface area (Å²) in [6, 6.07) is 18.2. The number of anilines is 1. The van der Waals surface area contributed by atoms with Crippen molar-refractivity contribution in [1.82, 2.24) is 0 Å². The van der Waals surface area contributed by atoms with Gasteiger partial charge in [0.25, 0.3) is 0 Å². The normalized spacial score (nSPS) is 28.0. The number of rotatable bonds is 4. The van der Waals surface area contributed by atoms with Crippen LogP contribution in [0.2, 0.25) is 5.02 Å². The molecule has 2 aliphatic rings. The third-order valence-corrected chi connectivity index (χ3v) is 5.56. The molecule has 1 N–H and O–H groups in total. The zero-order valence-electron chi connectivity index (χ0n) is 15.2. The summed E-state index contributed by atoms with van der Waals surface area (Å²) in [6.45, 7) is 4.60. The Bertz CT molecular complexity index is 760. The molecule has 2 aromatic rings. The van der Waals surface area contributed by atoms with Crippen molar-refractivity contribution in [2.75, 3.05) is 11.9 Å². The highest BCUT2D eigenvalue weighted by atomic mass is 35.5. The lowest BCUT2D eigenvalue weighted by Gasteiger charge is -2.43. The van der Waals surface area contributed by atoms with Crippen molar-refractivity contribution in [2.24, 2.45) is 0 Å². The fourth-order valence-corrected chi connectivity index (χ4v) is 3.76. The van der Waals surface area contributed by atoms with Gasteiger partial charge >= 0.3 is 0 Å². The average Bonchev–Trinajstić information content (AvgIpc) is 2.72. The third-order valence-electron chi connectivity index (χ3n) is 5.31. The minimum Gasteiger partial charge on any atom is -0.382 e. The van der Waals surface area contributed by atoms with Crippen LogP contribution >= 0.6 is 11.6 Å². The largest absolute Gasteiger partial charge is 0.382 e. The van der Waals surface area contributed by atoms with Gasteiger partial charge < -0.3 is 10.1 Å². The number of hydrogen-bond donors (Lipinski definition) is 1. The van der Waals surface area contributed by atoms with Crippen LogP contribution in [0.5, 0.6) is 0 Å². The monoisotopic (exact) mass is 385 g/mol. The summed E-state index contributed by atoms with van der Waals surface area (Å²) >= 11 is 5.94. The molecule has 1 saturated carbocycles. The van der Waals surface area contributed by atoms with Gasteiger partial charge in [-0.3, -0.25) is 0 Å². The Morgan fingerprint density at radius 2 is 1.74 bits per heavy atom. The lowest BCUT2D eigenvalue weighted by molar-refractivity contribution is -0.483. The van der Waals surface area contributed by atoms with Crippen LogP contribution in [-0.4, -0.2) is 24.5 Å². The molecule has 2 aromatic carbocycles. The van der Waals surface area contributed by atoms with Gasteiger partial charge in [-0.05, 0) is 48.2 Å². The van der Waals surface area contributed by atoms with E-state index in [9.17, 15) is 0 Å². The van der Waals surface area contributed by atoms with Crippen LogP contribution in [0.4, 0.5) is 5.69 Å². The maximum absolute atomic E-state index is 6.12. The number of nitrogens with one attached hydrogen (secondary N) is 1. The molecular formula is C22H24ClNO3. The van der Waals surface area contributed by atoms with E-state index in [4.69, 9.17) is 26.1 Å². The quantitative estimate of drug-likeness (QED) is 0.710. The van der Waals surface area contributed by atoms with Crippen LogP contribution in [0.1, 0.15) is 31.2 Å². The van der Waals surface area contributed by atoms with E-state index in [0.29, 0.717) is 12.6 Å². The first kappa shape index (κ1) is 18.5. The molecule has 142 valence electrons. The van der Waals surface area contributed by atoms with Gasteiger partial charge in [-0.25, -0.2) is 9.78 Å². The molecule has 27 heavy (non-hydrogen) atoms. The number of ether oxygens (including phenoxy) is 1. The van der Waals surface area contributed by atoms with E-state index < -0.39 is 5.79 Å². The van der Waals surface area contributed by atoms with Gasteiger partial charge in [0.05, 0.1) is 6.61 Å². The summed E-state index contributed by atoms with van der Waals surface area (Å²) in [5.41, 5.74) is 3.01. The second-order valence-electron chi connectivity index (χ2n) is 7.21. The van der Waals surface area contributed by atoms with Gasteiger partial charge in [-0.1, -0.05) is 48.5 Å². The highest BCUT2D eigenvalue weighted by Crippen LogP contribution is 2.38. The van der Waals surface area contributed by atoms with E-state index >= 15 is 0 Å². The molecule has 0 aromatic heterocycles. The molecule has 1 atom stereocenters. The zero-order valence-corrected chi connectivity index (χ0v) is 16.0. The van der Waals surface area contributed by atoms with Gasteiger partial charge in [-0.15, -0.1) is 0 Å². The predicted molar refractivity (Wildman–Crippen MR) is 107 cm³/mol. The molecule has 0 amide bonds. The molecule has 1 aliphatic heterocycles. The van der Waals surface area contributed by atoms with Crippen molar-refractivity contribution >= 4 is 22.9 Å². The summed E-state index contributed by atoms with van der Waals surface area (Å²) < 4.78 is 6.12. The maximum atomic E-state index is 6.12. The smallest absolute Gasteiger partial charge is 0.201 e. The molecule has 0 radical (unpaired) electrons. The molecule has 2 fully saturated rings. The summed E-state index contributed by atoms with van der Waals surface area (Å²) in [5, 5.41) is 4.30. The van der Waals surface area contributed by atoms with Gasteiger partial charge in [0, 0.05) is 29.6 Å². The van der Waals surface area contributed by atoms with Gasteiger partial charge in [0.15, 0.2) is 0 Å². The molecular weight excluding hydrogens is 362 g/mol. The van der Waals surface area contributed by atoms with E-state index in [1.165, 1.54) is 0 Å². The topological polar surface area (TPSA) is 39.7 Å². The highest BCUT2D eigenvalue weighted by molar-refractivity contribution is 6.30. The number of benzene rings is 2. The van der Waals surface area contributed by atoms with E-state index in [0.717, 1.165) is 47.5 Å². The summed E-state index contributed by atoms with van der Waals surface area (Å²) in [4.78, 5) is 11.4. The standard InChI is InChI=1S/C22H24ClNO3/c1-16(17-5-3-2-4-6-17)21-15-25-22(27-26-21)13-11-20(12-14-22)24-19-9-7-18(23)8-10-19/h2-10,20-21,24H,1,11-15H2. The Hall–Kier alpha value is -1.85. The van der Waals surface area contributed by atoms with Crippen LogP contribution in [-0.2, 0) is 14.5 Å². The molecule has 4 nitrogen and oxygen atoms in total. The van der Waals surface area contributed by atoms with Crippen molar-refractivity contribution in [3.05, 3.63) is 71.8 Å². The van der Waals surface area contributed by atoms with Crippen LogP contribution in [0.3, 0.4) is 0 Å². The molecule has 1 heterocycles. The SMILES string of the molecule is C=C(c1ccccc1)C1COC2(CCC(Nc3ccc(Cl)cc3)CC2)OO1. The van der Waals surface area contributed by atoms with Crippen LogP contribution in [0, 0.1) is 0 Å². The van der Waals surface area contributed by atoms with Crippen LogP contribution in [0.15, 0.2) is 61.2 Å². The first-order valence-electron chi connectivity index (χ1n) is 9.38. The van der Waals surface area contributed by atoms with Gasteiger partial charge in [0.1, 0.15) is 6.10 Å². The first-order chi connectivity index (χ1) is 13.1. The summed E-state index contributed by atoms with van der Waals surface area (Å²) in [6.07, 6.45) is 3.22. The summed E-state index contributed by atoms with van der Waals surface area (Å²) in [5.74, 6) is -0.633. The highest BCUT2D eigenvalue weighted by Gasteiger charge is 2.43. The summed E-state index contributed by atoms with van der Waals surface area (Å²) in [7, 11) is 0. The fraction of sp³-hybridized carbons (Fsp3) is 0.364. The predicted octanol–water partition coefficient (Wildman–Crippen LogP) is 5.45. The van der Waals surface area contributed by atoms with Gasteiger partial charge in [0.2, 0.25) is 5.79 Å². The molecule has 1 aliphatic carbocycles. The number of halogens is 1. The Morgan fingerprint density at radius 1 is 1.04 bits per heavy atom. The minimum atomic E-state index is -0.633. The molecule has 0 bridgehead atoms. The second kappa shape index (κ2) is 8.03. The maximum Gasteiger partial charge on any atom is 0.201 e. The lowest BCUT2D eigenvalue weighted by atomic mass is 9.89. The molecule has 1 spiro atoms. The minimum absolute atomic E-state index is 0.275. The average molecular weight is 386 g/mol. The first-order valence-corrected chi connectivity index (χ1v) is 9.76. The molecule has 5 heteroatoms. The van der Waals surface area contributed by atoms with E-state index in [1.54, 1.807) is 0 Å². The Kier molecular flexibility index (Phi) is 5.50.